The van der Waals surface area contributed by atoms with E-state index >= 15 is 0 Å². The molecule has 90 valence electrons. The fourth-order valence-electron chi connectivity index (χ4n) is 1.44. The molecule has 0 saturated carbocycles. The molecule has 1 aliphatic rings. The Labute approximate surface area is 98.9 Å². The van der Waals surface area contributed by atoms with Crippen LogP contribution in [0, 0.1) is 0 Å². The zero-order chi connectivity index (χ0) is 12.4. The van der Waals surface area contributed by atoms with E-state index in [2.05, 4.69) is 0 Å². The summed E-state index contributed by atoms with van der Waals surface area (Å²) in [5.41, 5.74) is 0.566. The molecule has 1 heterocycles. The van der Waals surface area contributed by atoms with Crippen LogP contribution in [0.5, 0.6) is 11.5 Å². The number of rotatable bonds is 3. The summed E-state index contributed by atoms with van der Waals surface area (Å²) in [4.78, 5) is 24.1. The van der Waals surface area contributed by atoms with Crippen LogP contribution in [-0.2, 0) is 4.79 Å². The van der Waals surface area contributed by atoms with Gasteiger partial charge in [-0.2, -0.15) is 0 Å². The zero-order valence-electron chi connectivity index (χ0n) is 9.73. The molecule has 0 N–H and O–H groups in total. The number of likely N-dealkylation sites (N-methyl/N-ethyl adjacent to an activating group) is 1. The van der Waals surface area contributed by atoms with Gasteiger partial charge in [-0.15, -0.1) is 0 Å². The topological polar surface area (TPSA) is 55.8 Å². The first-order chi connectivity index (χ1) is 8.08. The van der Waals surface area contributed by atoms with Crippen LogP contribution in [0.2, 0.25) is 0 Å². The van der Waals surface area contributed by atoms with E-state index in [0.717, 1.165) is 0 Å². The highest BCUT2D eigenvalue weighted by Gasteiger charge is 2.21. The van der Waals surface area contributed by atoms with Crippen molar-refractivity contribution in [1.29, 1.82) is 0 Å². The fraction of sp³-hybridized carbons (Fsp3) is 0.333. The number of carbonyl (C=O) groups is 2. The second-order valence-corrected chi connectivity index (χ2v) is 3.95. The van der Waals surface area contributed by atoms with Gasteiger partial charge in [0.15, 0.2) is 13.2 Å². The summed E-state index contributed by atoms with van der Waals surface area (Å²) in [6.07, 6.45) is 0. The number of carbonyl (C=O) groups excluding carboxylic acids is 2. The molecule has 17 heavy (non-hydrogen) atoms. The lowest BCUT2D eigenvalue weighted by Gasteiger charge is -2.11. The molecule has 0 fully saturated rings. The van der Waals surface area contributed by atoms with Gasteiger partial charge in [-0.1, -0.05) is 0 Å². The number of ether oxygens (including phenoxy) is 2. The molecular formula is C12H13NO4. The van der Waals surface area contributed by atoms with E-state index in [1.165, 1.54) is 4.90 Å². The van der Waals surface area contributed by atoms with E-state index in [-0.39, 0.29) is 24.9 Å². The van der Waals surface area contributed by atoms with Gasteiger partial charge in [-0.05, 0) is 12.1 Å². The minimum absolute atomic E-state index is 0.0280. The molecule has 1 aromatic rings. The highest BCUT2D eigenvalue weighted by Crippen LogP contribution is 2.29. The number of amides is 1. The number of hydrogen-bond donors (Lipinski definition) is 0. The van der Waals surface area contributed by atoms with Gasteiger partial charge in [0.1, 0.15) is 11.5 Å². The Balaban J connectivity index is 2.04. The summed E-state index contributed by atoms with van der Waals surface area (Å²) in [5, 5.41) is 0. The first-order valence-electron chi connectivity index (χ1n) is 5.21. The number of benzene rings is 1. The first-order valence-corrected chi connectivity index (χ1v) is 5.21. The molecule has 0 atom stereocenters. The molecule has 0 saturated heterocycles. The Morgan fingerprint density at radius 2 is 2.24 bits per heavy atom. The molecule has 2 rings (SSSR count). The Morgan fingerprint density at radius 1 is 1.47 bits per heavy atom. The third kappa shape index (κ3) is 2.38. The zero-order valence-corrected chi connectivity index (χ0v) is 9.73. The van der Waals surface area contributed by atoms with Crippen molar-refractivity contribution >= 4 is 11.7 Å². The van der Waals surface area contributed by atoms with Crippen LogP contribution in [0.15, 0.2) is 18.2 Å². The minimum Gasteiger partial charge on any atom is -0.485 e. The number of nitrogens with zero attached hydrogens (tertiary/aromatic N) is 1. The third-order valence-electron chi connectivity index (χ3n) is 2.47. The maximum absolute atomic E-state index is 11.3. The van der Waals surface area contributed by atoms with Gasteiger partial charge in [0.2, 0.25) is 5.78 Å². The molecule has 0 unspecified atom stereocenters. The van der Waals surface area contributed by atoms with Crippen molar-refractivity contribution in [3.8, 4) is 11.5 Å². The van der Waals surface area contributed by atoms with E-state index < -0.39 is 0 Å². The Hall–Kier alpha value is -2.04. The molecule has 1 aromatic carbocycles. The summed E-state index contributed by atoms with van der Waals surface area (Å²) in [6.45, 7) is 0.0507. The van der Waals surface area contributed by atoms with Crippen LogP contribution < -0.4 is 9.47 Å². The summed E-state index contributed by atoms with van der Waals surface area (Å²) in [5.74, 6) is 0.886. The van der Waals surface area contributed by atoms with Crippen LogP contribution in [0.4, 0.5) is 0 Å². The van der Waals surface area contributed by atoms with Crippen molar-refractivity contribution in [2.75, 3.05) is 27.3 Å². The van der Waals surface area contributed by atoms with E-state index in [9.17, 15) is 9.59 Å². The monoisotopic (exact) mass is 235 g/mol. The number of hydrogen-bond acceptors (Lipinski definition) is 4. The largest absolute Gasteiger partial charge is 0.485 e. The lowest BCUT2D eigenvalue weighted by Crippen LogP contribution is -2.27. The second kappa shape index (κ2) is 4.45. The molecular weight excluding hydrogens is 222 g/mol. The van der Waals surface area contributed by atoms with Crippen molar-refractivity contribution in [1.82, 2.24) is 4.90 Å². The van der Waals surface area contributed by atoms with E-state index in [4.69, 9.17) is 9.47 Å². The third-order valence-corrected chi connectivity index (χ3v) is 2.47. The minimum atomic E-state index is -0.123. The average molecular weight is 235 g/mol. The molecule has 0 bridgehead atoms. The molecule has 1 amide bonds. The number of Topliss-reactive ketones (excluding diaryl/α,β-unsaturated/α-hetero) is 1. The Kier molecular flexibility index (Phi) is 2.99. The lowest BCUT2D eigenvalue weighted by molar-refractivity contribution is -0.130. The van der Waals surface area contributed by atoms with Crippen LogP contribution in [0.1, 0.15) is 10.4 Å². The van der Waals surface area contributed by atoms with E-state index in [1.54, 1.807) is 32.3 Å². The maximum Gasteiger partial charge on any atom is 0.259 e. The molecule has 5 nitrogen and oxygen atoms in total. The fourth-order valence-corrected chi connectivity index (χ4v) is 1.44. The van der Waals surface area contributed by atoms with Crippen LogP contribution in [-0.4, -0.2) is 43.9 Å². The van der Waals surface area contributed by atoms with E-state index in [1.807, 2.05) is 0 Å². The van der Waals surface area contributed by atoms with Gasteiger partial charge in [0.25, 0.3) is 5.91 Å². The Bertz CT molecular complexity index is 468. The standard InChI is InChI=1S/C12H13NO4/c1-13(2)12(15)7-16-8-3-4-9-10(14)6-17-11(9)5-8/h3-5H,6-7H2,1-2H3. The maximum atomic E-state index is 11.3. The predicted octanol–water partition coefficient (Wildman–Crippen LogP) is 0.729. The Morgan fingerprint density at radius 3 is 2.94 bits per heavy atom. The predicted molar refractivity (Wildman–Crippen MR) is 60.5 cm³/mol. The van der Waals surface area contributed by atoms with Crippen molar-refractivity contribution in [2.45, 2.75) is 0 Å². The van der Waals surface area contributed by atoms with Crippen molar-refractivity contribution < 1.29 is 19.1 Å². The highest BCUT2D eigenvalue weighted by molar-refractivity contribution is 6.02. The van der Waals surface area contributed by atoms with Gasteiger partial charge in [-0.3, -0.25) is 9.59 Å². The highest BCUT2D eigenvalue weighted by atomic mass is 16.5. The van der Waals surface area contributed by atoms with Crippen LogP contribution in [0.3, 0.4) is 0 Å². The van der Waals surface area contributed by atoms with Gasteiger partial charge in [0.05, 0.1) is 5.56 Å². The van der Waals surface area contributed by atoms with Gasteiger partial charge in [0, 0.05) is 20.2 Å². The average Bonchev–Trinajstić information content (AvgIpc) is 2.67. The lowest BCUT2D eigenvalue weighted by atomic mass is 10.1. The smallest absolute Gasteiger partial charge is 0.259 e. The summed E-state index contributed by atoms with van der Waals surface area (Å²) < 4.78 is 10.5. The number of ketones is 1. The van der Waals surface area contributed by atoms with Gasteiger partial charge in [-0.25, -0.2) is 0 Å². The van der Waals surface area contributed by atoms with Gasteiger partial charge < -0.3 is 14.4 Å². The van der Waals surface area contributed by atoms with Gasteiger partial charge >= 0.3 is 0 Å². The SMILES string of the molecule is CN(C)C(=O)COc1ccc2c(c1)OCC2=O. The first kappa shape index (κ1) is 11.4. The summed E-state index contributed by atoms with van der Waals surface area (Å²) >= 11 is 0. The normalized spacial score (nSPS) is 12.9. The van der Waals surface area contributed by atoms with Crippen LogP contribution in [0.25, 0.3) is 0 Å². The number of fused-ring (bicyclic) bond motifs is 1. The second-order valence-electron chi connectivity index (χ2n) is 3.95. The summed E-state index contributed by atoms with van der Waals surface area (Å²) in [6, 6.07) is 4.94. The quantitative estimate of drug-likeness (QED) is 0.775. The summed E-state index contributed by atoms with van der Waals surface area (Å²) in [7, 11) is 3.33. The van der Waals surface area contributed by atoms with Crippen molar-refractivity contribution in [2.24, 2.45) is 0 Å². The van der Waals surface area contributed by atoms with Crippen molar-refractivity contribution in [3.05, 3.63) is 23.8 Å². The van der Waals surface area contributed by atoms with E-state index in [0.29, 0.717) is 17.1 Å². The molecule has 1 aliphatic heterocycles. The molecule has 0 aliphatic carbocycles. The molecule has 0 aromatic heterocycles. The van der Waals surface area contributed by atoms with Crippen LogP contribution >= 0.6 is 0 Å². The molecule has 5 heteroatoms. The molecule has 0 radical (unpaired) electrons. The molecule has 0 spiro atoms. The van der Waals surface area contributed by atoms with Crippen molar-refractivity contribution in [3.63, 3.8) is 0 Å².